The van der Waals surface area contributed by atoms with E-state index >= 15 is 0 Å². The Balaban J connectivity index is 0.00000240. The minimum atomic E-state index is 0. The van der Waals surface area contributed by atoms with Gasteiger partial charge in [0.25, 0.3) is 5.01 Å². The minimum Gasteiger partial charge on any atom is -1.00 e. The first-order valence-electron chi connectivity index (χ1n) is 9.52. The Morgan fingerprint density at radius 3 is 2.31 bits per heavy atom. The van der Waals surface area contributed by atoms with Crippen molar-refractivity contribution in [2.75, 3.05) is 19.0 Å². The van der Waals surface area contributed by atoms with Crippen molar-refractivity contribution < 1.29 is 21.5 Å². The number of fused-ring (bicyclic) bond motifs is 1. The standard InChI is InChI=1S/C25H25N2S.BrH/c1-19-9-15-23-24(17-19)28-25(27(23)18-21-7-5-4-6-8-21)16-12-20-10-13-22(14-11-20)26(2)3;/h4-17H,18H2,1-3H3;1H/q+1;/p-1. The molecule has 2 nitrogen and oxygen atoms in total. The van der Waals surface area contributed by atoms with Gasteiger partial charge in [-0.25, -0.2) is 0 Å². The number of benzene rings is 3. The van der Waals surface area contributed by atoms with E-state index < -0.39 is 0 Å². The van der Waals surface area contributed by atoms with Gasteiger partial charge in [0.1, 0.15) is 4.70 Å². The summed E-state index contributed by atoms with van der Waals surface area (Å²) in [4.78, 5) is 2.12. The molecule has 1 aromatic heterocycles. The van der Waals surface area contributed by atoms with Gasteiger partial charge in [-0.3, -0.25) is 0 Å². The number of nitrogens with zero attached hydrogens (tertiary/aromatic N) is 2. The molecule has 0 unspecified atom stereocenters. The number of hydrogen-bond acceptors (Lipinski definition) is 2. The lowest BCUT2D eigenvalue weighted by atomic mass is 10.2. The van der Waals surface area contributed by atoms with E-state index in [-0.39, 0.29) is 17.0 Å². The van der Waals surface area contributed by atoms with Crippen LogP contribution in [0, 0.1) is 6.92 Å². The molecule has 0 radical (unpaired) electrons. The van der Waals surface area contributed by atoms with E-state index in [9.17, 15) is 0 Å². The molecule has 0 saturated carbocycles. The number of aromatic nitrogens is 1. The van der Waals surface area contributed by atoms with Crippen LogP contribution >= 0.6 is 11.3 Å². The quantitative estimate of drug-likeness (QED) is 0.412. The molecule has 0 amide bonds. The van der Waals surface area contributed by atoms with Crippen molar-refractivity contribution in [3.63, 3.8) is 0 Å². The van der Waals surface area contributed by atoms with Crippen molar-refractivity contribution in [1.29, 1.82) is 0 Å². The molecule has 1 heterocycles. The van der Waals surface area contributed by atoms with Crippen LogP contribution in [0.4, 0.5) is 5.69 Å². The monoisotopic (exact) mass is 464 g/mol. The van der Waals surface area contributed by atoms with Crippen LogP contribution in [0.2, 0.25) is 0 Å². The van der Waals surface area contributed by atoms with Crippen LogP contribution in [0.1, 0.15) is 21.7 Å². The number of aryl methyl sites for hydroxylation is 1. The molecule has 29 heavy (non-hydrogen) atoms. The van der Waals surface area contributed by atoms with Crippen molar-refractivity contribution >= 4 is 39.4 Å². The molecular weight excluding hydrogens is 440 g/mol. The van der Waals surface area contributed by atoms with Crippen LogP contribution in [0.5, 0.6) is 0 Å². The maximum Gasteiger partial charge on any atom is 0.263 e. The van der Waals surface area contributed by atoms with Gasteiger partial charge in [-0.15, -0.1) is 0 Å². The second-order valence-corrected chi connectivity index (χ2v) is 8.36. The van der Waals surface area contributed by atoms with E-state index in [1.165, 1.54) is 37.6 Å². The molecule has 0 spiro atoms. The summed E-state index contributed by atoms with van der Waals surface area (Å²) >= 11 is 1.85. The molecule has 0 fully saturated rings. The molecule has 0 saturated heterocycles. The second-order valence-electron chi connectivity index (χ2n) is 7.30. The second kappa shape index (κ2) is 9.38. The normalized spacial score (nSPS) is 11.0. The van der Waals surface area contributed by atoms with Gasteiger partial charge in [-0.1, -0.05) is 59.9 Å². The van der Waals surface area contributed by atoms with Gasteiger partial charge >= 0.3 is 0 Å². The Morgan fingerprint density at radius 1 is 0.897 bits per heavy atom. The van der Waals surface area contributed by atoms with Crippen molar-refractivity contribution in [3.05, 3.63) is 94.5 Å². The fourth-order valence-corrected chi connectivity index (χ4v) is 4.48. The molecule has 0 atom stereocenters. The smallest absolute Gasteiger partial charge is 0.263 e. The largest absolute Gasteiger partial charge is 1.00 e. The highest BCUT2D eigenvalue weighted by Gasteiger charge is 2.19. The molecule has 0 N–H and O–H groups in total. The van der Waals surface area contributed by atoms with Gasteiger partial charge in [-0.2, -0.15) is 4.57 Å². The predicted octanol–water partition coefficient (Wildman–Crippen LogP) is 2.79. The highest BCUT2D eigenvalue weighted by Crippen LogP contribution is 2.24. The molecule has 0 bridgehead atoms. The summed E-state index contributed by atoms with van der Waals surface area (Å²) in [6.45, 7) is 3.03. The lowest BCUT2D eigenvalue weighted by Crippen LogP contribution is -3.00. The zero-order chi connectivity index (χ0) is 19.5. The van der Waals surface area contributed by atoms with E-state index in [1.807, 2.05) is 11.3 Å². The predicted molar refractivity (Wildman–Crippen MR) is 122 cm³/mol. The van der Waals surface area contributed by atoms with E-state index in [1.54, 1.807) is 0 Å². The summed E-state index contributed by atoms with van der Waals surface area (Å²) in [5.41, 5.74) is 6.34. The van der Waals surface area contributed by atoms with Crippen LogP contribution in [0.3, 0.4) is 0 Å². The third kappa shape index (κ3) is 4.95. The molecule has 4 heteroatoms. The van der Waals surface area contributed by atoms with Crippen LogP contribution in [-0.2, 0) is 6.54 Å². The average molecular weight is 465 g/mol. The van der Waals surface area contributed by atoms with Gasteiger partial charge in [-0.05, 0) is 42.3 Å². The summed E-state index contributed by atoms with van der Waals surface area (Å²) < 4.78 is 3.75. The van der Waals surface area contributed by atoms with Gasteiger partial charge in [0, 0.05) is 37.5 Å². The fraction of sp³-hybridized carbons (Fsp3) is 0.160. The van der Waals surface area contributed by atoms with E-state index in [4.69, 9.17) is 0 Å². The molecule has 3 aromatic carbocycles. The molecule has 148 valence electrons. The third-order valence-corrected chi connectivity index (χ3v) is 6.01. The number of rotatable bonds is 5. The molecule has 0 aliphatic rings. The number of thiazole rings is 1. The highest BCUT2D eigenvalue weighted by atomic mass is 79.9. The molecule has 0 aliphatic carbocycles. The van der Waals surface area contributed by atoms with Crippen LogP contribution in [0.25, 0.3) is 22.4 Å². The maximum atomic E-state index is 2.42. The molecule has 4 rings (SSSR count). The van der Waals surface area contributed by atoms with Crippen molar-refractivity contribution in [2.24, 2.45) is 0 Å². The average Bonchev–Trinajstić information content (AvgIpc) is 3.04. The summed E-state index contributed by atoms with van der Waals surface area (Å²) in [5, 5.41) is 1.26. The van der Waals surface area contributed by atoms with E-state index in [0.29, 0.717) is 0 Å². The summed E-state index contributed by atoms with van der Waals surface area (Å²) in [7, 11) is 4.13. The van der Waals surface area contributed by atoms with Gasteiger partial charge in [0.05, 0.1) is 0 Å². The van der Waals surface area contributed by atoms with Gasteiger partial charge in [0.15, 0.2) is 6.54 Å². The number of halogens is 1. The number of hydrogen-bond donors (Lipinski definition) is 0. The third-order valence-electron chi connectivity index (χ3n) is 4.90. The number of anilines is 1. The van der Waals surface area contributed by atoms with E-state index in [2.05, 4.69) is 115 Å². The SMILES string of the molecule is Cc1ccc2c(c1)sc(/C=C/c1ccc(N(C)C)cc1)[n+]2Cc1ccccc1.[Br-]. The first-order chi connectivity index (χ1) is 13.6. The highest BCUT2D eigenvalue weighted by molar-refractivity contribution is 7.18. The summed E-state index contributed by atoms with van der Waals surface area (Å²) in [6.07, 6.45) is 4.45. The lowest BCUT2D eigenvalue weighted by molar-refractivity contribution is -0.659. The van der Waals surface area contributed by atoms with Crippen molar-refractivity contribution in [3.8, 4) is 0 Å². The van der Waals surface area contributed by atoms with Crippen LogP contribution in [0.15, 0.2) is 72.8 Å². The first kappa shape index (κ1) is 21.3. The Kier molecular flexibility index (Phi) is 6.88. The molecule has 4 aromatic rings. The van der Waals surface area contributed by atoms with Crippen LogP contribution in [-0.4, -0.2) is 14.1 Å². The van der Waals surface area contributed by atoms with Gasteiger partial charge < -0.3 is 21.9 Å². The zero-order valence-corrected chi connectivity index (χ0v) is 19.4. The van der Waals surface area contributed by atoms with Crippen molar-refractivity contribution in [1.82, 2.24) is 0 Å². The van der Waals surface area contributed by atoms with Crippen LogP contribution < -0.4 is 26.4 Å². The Labute approximate surface area is 187 Å². The maximum absolute atomic E-state index is 2.42. The summed E-state index contributed by atoms with van der Waals surface area (Å²) in [6, 6.07) is 26.1. The lowest BCUT2D eigenvalue weighted by Gasteiger charge is -2.11. The van der Waals surface area contributed by atoms with Crippen molar-refractivity contribution in [2.45, 2.75) is 13.5 Å². The fourth-order valence-electron chi connectivity index (χ4n) is 3.32. The Bertz CT molecular complexity index is 1110. The van der Waals surface area contributed by atoms with Gasteiger partial charge in [0.2, 0.25) is 5.52 Å². The van der Waals surface area contributed by atoms with E-state index in [0.717, 1.165) is 6.54 Å². The zero-order valence-electron chi connectivity index (χ0n) is 17.0. The first-order valence-corrected chi connectivity index (χ1v) is 10.3. The summed E-state index contributed by atoms with van der Waals surface area (Å²) in [5.74, 6) is 0. The Hall–Kier alpha value is -2.43. The Morgan fingerprint density at radius 2 is 1.62 bits per heavy atom. The minimum absolute atomic E-state index is 0. The molecule has 0 aliphatic heterocycles. The molecular formula is C25H25BrN2S. The topological polar surface area (TPSA) is 7.12 Å².